The Balaban J connectivity index is 1.63. The van der Waals surface area contributed by atoms with Crippen molar-refractivity contribution in [2.75, 3.05) is 4.90 Å². The van der Waals surface area contributed by atoms with Crippen molar-refractivity contribution < 1.29 is 9.52 Å². The van der Waals surface area contributed by atoms with Gasteiger partial charge in [-0.2, -0.15) is 0 Å². The number of hydrogen-bond donors (Lipinski definition) is 2. The minimum absolute atomic E-state index is 0.119. The third kappa shape index (κ3) is 3.60. The third-order valence-corrected chi connectivity index (χ3v) is 6.51. The van der Waals surface area contributed by atoms with Crippen LogP contribution < -0.4 is 10.2 Å². The van der Waals surface area contributed by atoms with E-state index in [9.17, 15) is 5.11 Å². The largest absolute Gasteiger partial charge is 0.506 e. The minimum Gasteiger partial charge on any atom is -0.506 e. The topological polar surface area (TPSA) is 61.5 Å². The molecule has 5 nitrogen and oxygen atoms in total. The molecule has 2 N–H and O–H groups in total. The molecule has 1 aliphatic rings. The number of halogens is 2. The van der Waals surface area contributed by atoms with Crippen LogP contribution >= 0.6 is 35.4 Å². The molecule has 2 aromatic carbocycles. The van der Waals surface area contributed by atoms with Crippen molar-refractivity contribution in [2.45, 2.75) is 12.1 Å². The van der Waals surface area contributed by atoms with E-state index in [4.69, 9.17) is 39.8 Å². The Morgan fingerprint density at radius 1 is 0.969 bits per heavy atom. The first kappa shape index (κ1) is 20.8. The fourth-order valence-corrected chi connectivity index (χ4v) is 4.65. The van der Waals surface area contributed by atoms with Gasteiger partial charge >= 0.3 is 0 Å². The molecule has 2 atom stereocenters. The molecule has 1 saturated heterocycles. The fourth-order valence-electron chi connectivity index (χ4n) is 3.92. The number of thiocarbonyl (C=S) groups is 1. The second-order valence-electron chi connectivity index (χ2n) is 7.29. The van der Waals surface area contributed by atoms with Gasteiger partial charge in [-0.1, -0.05) is 47.5 Å². The molecule has 160 valence electrons. The summed E-state index contributed by atoms with van der Waals surface area (Å²) in [7, 11) is 0. The van der Waals surface area contributed by atoms with Gasteiger partial charge in [-0.25, -0.2) is 0 Å². The number of phenolic OH excluding ortho intramolecular Hbond substituents is 1. The molecule has 2 unspecified atom stereocenters. The van der Waals surface area contributed by atoms with Crippen molar-refractivity contribution in [3.05, 3.63) is 100 Å². The number of hydrogen-bond acceptors (Lipinski definition) is 4. The summed E-state index contributed by atoms with van der Waals surface area (Å²) in [6, 6.07) is 21.2. The average Bonchev–Trinajstić information content (AvgIpc) is 3.41. The van der Waals surface area contributed by atoms with Crippen LogP contribution in [-0.4, -0.2) is 15.2 Å². The number of nitrogens with zero attached hydrogens (tertiary/aromatic N) is 2. The summed E-state index contributed by atoms with van der Waals surface area (Å²) in [5.41, 5.74) is 2.08. The van der Waals surface area contributed by atoms with Crippen LogP contribution in [-0.2, 0) is 0 Å². The summed E-state index contributed by atoms with van der Waals surface area (Å²) in [5, 5.41) is 15.2. The maximum absolute atomic E-state index is 10.6. The first-order chi connectivity index (χ1) is 15.5. The average molecular weight is 482 g/mol. The Morgan fingerprint density at radius 3 is 2.56 bits per heavy atom. The van der Waals surface area contributed by atoms with Crippen molar-refractivity contribution in [3.8, 4) is 17.1 Å². The Hall–Kier alpha value is -3.06. The van der Waals surface area contributed by atoms with Gasteiger partial charge in [-0.15, -0.1) is 0 Å². The highest BCUT2D eigenvalue weighted by atomic mass is 35.5. The monoisotopic (exact) mass is 481 g/mol. The fraction of sp³-hybridized carbons (Fsp3) is 0.0833. The molecule has 8 heteroatoms. The first-order valence-corrected chi connectivity index (χ1v) is 11.0. The number of furan rings is 1. The quantitative estimate of drug-likeness (QED) is 0.323. The van der Waals surface area contributed by atoms with Crippen LogP contribution in [0, 0.1) is 0 Å². The lowest BCUT2D eigenvalue weighted by molar-refractivity contribution is 0.434. The second kappa shape index (κ2) is 8.47. The van der Waals surface area contributed by atoms with Crippen LogP contribution in [0.5, 0.6) is 5.75 Å². The van der Waals surface area contributed by atoms with Crippen LogP contribution in [0.25, 0.3) is 11.3 Å². The predicted octanol–water partition coefficient (Wildman–Crippen LogP) is 6.53. The number of pyridine rings is 1. The van der Waals surface area contributed by atoms with Gasteiger partial charge in [-0.05, 0) is 60.7 Å². The number of rotatable bonds is 4. The van der Waals surface area contributed by atoms with E-state index >= 15 is 0 Å². The number of anilines is 1. The predicted molar refractivity (Wildman–Crippen MR) is 130 cm³/mol. The maximum atomic E-state index is 10.6. The molecule has 3 heterocycles. The van der Waals surface area contributed by atoms with E-state index in [1.54, 1.807) is 24.4 Å². The molecule has 1 aliphatic heterocycles. The highest BCUT2D eigenvalue weighted by Crippen LogP contribution is 2.45. The summed E-state index contributed by atoms with van der Waals surface area (Å²) in [6.07, 6.45) is 1.74. The van der Waals surface area contributed by atoms with Gasteiger partial charge in [0.25, 0.3) is 0 Å². The molecule has 0 aliphatic carbocycles. The number of nitrogens with one attached hydrogen (secondary N) is 1. The van der Waals surface area contributed by atoms with Gasteiger partial charge < -0.3 is 19.7 Å². The lowest BCUT2D eigenvalue weighted by atomic mass is 10.0. The lowest BCUT2D eigenvalue weighted by Crippen LogP contribution is -2.29. The molecule has 0 radical (unpaired) electrons. The molecule has 32 heavy (non-hydrogen) atoms. The number of aromatic nitrogens is 1. The normalized spacial score (nSPS) is 18.1. The van der Waals surface area contributed by atoms with E-state index in [-0.39, 0.29) is 11.8 Å². The van der Waals surface area contributed by atoms with Crippen LogP contribution in [0.1, 0.15) is 23.5 Å². The van der Waals surface area contributed by atoms with Gasteiger partial charge in [-0.3, -0.25) is 4.98 Å². The molecule has 2 aromatic heterocycles. The van der Waals surface area contributed by atoms with Crippen LogP contribution in [0.4, 0.5) is 5.69 Å². The van der Waals surface area contributed by atoms with E-state index < -0.39 is 6.04 Å². The van der Waals surface area contributed by atoms with Gasteiger partial charge in [0.15, 0.2) is 5.11 Å². The van der Waals surface area contributed by atoms with E-state index in [2.05, 4.69) is 10.3 Å². The summed E-state index contributed by atoms with van der Waals surface area (Å²) in [4.78, 5) is 6.37. The van der Waals surface area contributed by atoms with Crippen molar-refractivity contribution in [1.82, 2.24) is 10.3 Å². The molecule has 0 spiro atoms. The summed E-state index contributed by atoms with van der Waals surface area (Å²) in [6.45, 7) is 0. The third-order valence-electron chi connectivity index (χ3n) is 5.37. The Labute approximate surface area is 200 Å². The molecule has 1 fully saturated rings. The summed E-state index contributed by atoms with van der Waals surface area (Å²) in [5.74, 6) is 1.35. The summed E-state index contributed by atoms with van der Waals surface area (Å²) < 4.78 is 6.29. The zero-order chi connectivity index (χ0) is 22.2. The Morgan fingerprint density at radius 2 is 1.78 bits per heavy atom. The maximum Gasteiger partial charge on any atom is 0.174 e. The molecule has 4 aromatic rings. The van der Waals surface area contributed by atoms with Crippen LogP contribution in [0.15, 0.2) is 83.4 Å². The van der Waals surface area contributed by atoms with E-state index in [1.165, 1.54) is 0 Å². The van der Waals surface area contributed by atoms with Crippen molar-refractivity contribution in [2.24, 2.45) is 0 Å². The van der Waals surface area contributed by atoms with Gasteiger partial charge in [0.1, 0.15) is 23.3 Å². The van der Waals surface area contributed by atoms with Gasteiger partial charge in [0, 0.05) is 11.8 Å². The minimum atomic E-state index is -0.391. The van der Waals surface area contributed by atoms with Crippen LogP contribution in [0.2, 0.25) is 10.0 Å². The smallest absolute Gasteiger partial charge is 0.174 e. The zero-order valence-corrected chi connectivity index (χ0v) is 18.9. The molecule has 0 amide bonds. The Kier molecular flexibility index (Phi) is 5.51. The second-order valence-corrected chi connectivity index (χ2v) is 8.46. The van der Waals surface area contributed by atoms with Crippen molar-refractivity contribution in [3.63, 3.8) is 0 Å². The molecular weight excluding hydrogens is 465 g/mol. The number of para-hydroxylation sites is 2. The number of benzene rings is 2. The zero-order valence-electron chi connectivity index (χ0n) is 16.6. The number of aromatic hydroxyl groups is 1. The van der Waals surface area contributed by atoms with Gasteiger partial charge in [0.2, 0.25) is 0 Å². The van der Waals surface area contributed by atoms with E-state index in [0.717, 1.165) is 5.69 Å². The number of phenols is 1. The Bertz CT molecular complexity index is 1300. The molecular formula is C24H17Cl2N3O2S. The highest BCUT2D eigenvalue weighted by molar-refractivity contribution is 7.80. The summed E-state index contributed by atoms with van der Waals surface area (Å²) >= 11 is 18.3. The van der Waals surface area contributed by atoms with E-state index in [0.29, 0.717) is 37.9 Å². The van der Waals surface area contributed by atoms with Gasteiger partial charge in [0.05, 0.1) is 27.5 Å². The van der Waals surface area contributed by atoms with E-state index in [1.807, 2.05) is 59.5 Å². The van der Waals surface area contributed by atoms with Crippen molar-refractivity contribution in [1.29, 1.82) is 0 Å². The SMILES string of the molecule is Oc1ccccc1N1C(=S)NC(c2ccccn2)C1c1ccc(-c2cccc(Cl)c2Cl)o1. The van der Waals surface area contributed by atoms with Crippen molar-refractivity contribution >= 4 is 46.2 Å². The van der Waals surface area contributed by atoms with Crippen LogP contribution in [0.3, 0.4) is 0 Å². The highest BCUT2D eigenvalue weighted by Gasteiger charge is 2.43. The first-order valence-electron chi connectivity index (χ1n) is 9.87. The standard InChI is InChI=1S/C24H17Cl2N3O2S/c25-15-7-5-6-14(21(15)26)19-11-12-20(31-19)23-22(16-8-3-4-13-27-16)28-24(32)29(23)17-9-1-2-10-18(17)30/h1-13,22-23,30H,(H,28,32). The molecule has 5 rings (SSSR count). The molecule has 0 bridgehead atoms. The lowest BCUT2D eigenvalue weighted by Gasteiger charge is -2.26. The molecule has 0 saturated carbocycles.